The van der Waals surface area contributed by atoms with Crippen LogP contribution < -0.4 is 5.32 Å². The first-order chi connectivity index (χ1) is 8.63. The Kier molecular flexibility index (Phi) is 3.76. The predicted octanol–water partition coefficient (Wildman–Crippen LogP) is 0.481. The maximum atomic E-state index is 12.2. The highest BCUT2D eigenvalue weighted by molar-refractivity contribution is 6.29. The lowest BCUT2D eigenvalue weighted by molar-refractivity contribution is -0.124. The Bertz CT molecular complexity index is 463. The Morgan fingerprint density at radius 3 is 2.83 bits per heavy atom. The summed E-state index contributed by atoms with van der Waals surface area (Å²) >= 11 is 5.61. The minimum atomic E-state index is -0.417. The van der Waals surface area contributed by atoms with E-state index in [1.54, 1.807) is 7.05 Å². The fourth-order valence-corrected chi connectivity index (χ4v) is 2.13. The van der Waals surface area contributed by atoms with Gasteiger partial charge in [-0.25, -0.2) is 0 Å². The van der Waals surface area contributed by atoms with Gasteiger partial charge in [0, 0.05) is 13.6 Å². The molecule has 1 atom stereocenters. The van der Waals surface area contributed by atoms with Crippen LogP contribution in [0.25, 0.3) is 0 Å². The molecular formula is C11H13ClN4O2. The van der Waals surface area contributed by atoms with E-state index in [0.717, 1.165) is 6.42 Å². The van der Waals surface area contributed by atoms with Crippen molar-refractivity contribution in [3.63, 3.8) is 0 Å². The minimum absolute atomic E-state index is 0.150. The molecule has 1 saturated heterocycles. The molecule has 18 heavy (non-hydrogen) atoms. The molecule has 2 amide bonds. The van der Waals surface area contributed by atoms with Gasteiger partial charge in [-0.05, 0) is 25.0 Å². The van der Waals surface area contributed by atoms with Gasteiger partial charge >= 0.3 is 0 Å². The lowest BCUT2D eigenvalue weighted by Gasteiger charge is -2.22. The van der Waals surface area contributed by atoms with Crippen LogP contribution in [0.4, 0.5) is 0 Å². The molecule has 0 spiro atoms. The van der Waals surface area contributed by atoms with Gasteiger partial charge < -0.3 is 10.2 Å². The largest absolute Gasteiger partial charge is 0.357 e. The second-order valence-corrected chi connectivity index (χ2v) is 4.40. The number of aromatic nitrogens is 2. The average Bonchev–Trinajstić information content (AvgIpc) is 2.87. The second kappa shape index (κ2) is 5.30. The summed E-state index contributed by atoms with van der Waals surface area (Å²) in [6.45, 7) is 0.557. The number of likely N-dealkylation sites (tertiary alicyclic amines) is 1. The van der Waals surface area contributed by atoms with Crippen LogP contribution in [0.5, 0.6) is 0 Å². The van der Waals surface area contributed by atoms with Gasteiger partial charge in [0.1, 0.15) is 6.04 Å². The molecule has 2 rings (SSSR count). The molecule has 0 aliphatic carbocycles. The SMILES string of the molecule is CNC(=O)C1CCCN1C(=O)c1ccc(Cl)nn1. The number of hydrogen-bond donors (Lipinski definition) is 1. The lowest BCUT2D eigenvalue weighted by atomic mass is 10.2. The predicted molar refractivity (Wildman–Crippen MR) is 65.2 cm³/mol. The van der Waals surface area contributed by atoms with E-state index in [2.05, 4.69) is 15.5 Å². The third-order valence-corrected chi connectivity index (χ3v) is 3.12. The number of carbonyl (C=O) groups excluding carboxylic acids is 2. The van der Waals surface area contributed by atoms with Gasteiger partial charge in [0.25, 0.3) is 5.91 Å². The smallest absolute Gasteiger partial charge is 0.275 e. The molecule has 1 aromatic rings. The van der Waals surface area contributed by atoms with E-state index >= 15 is 0 Å². The quantitative estimate of drug-likeness (QED) is 0.847. The number of hydrogen-bond acceptors (Lipinski definition) is 4. The van der Waals surface area contributed by atoms with Crippen molar-refractivity contribution in [3.8, 4) is 0 Å². The summed E-state index contributed by atoms with van der Waals surface area (Å²) < 4.78 is 0. The van der Waals surface area contributed by atoms with Crippen molar-refractivity contribution >= 4 is 23.4 Å². The van der Waals surface area contributed by atoms with Crippen LogP contribution in [-0.2, 0) is 4.79 Å². The minimum Gasteiger partial charge on any atom is -0.357 e. The molecule has 1 fully saturated rings. The molecule has 0 radical (unpaired) electrons. The zero-order valence-electron chi connectivity index (χ0n) is 9.89. The third kappa shape index (κ3) is 2.43. The van der Waals surface area contributed by atoms with E-state index in [1.807, 2.05) is 0 Å². The van der Waals surface area contributed by atoms with Crippen molar-refractivity contribution in [1.82, 2.24) is 20.4 Å². The zero-order chi connectivity index (χ0) is 13.1. The number of amides is 2. The van der Waals surface area contributed by atoms with E-state index in [0.29, 0.717) is 13.0 Å². The Morgan fingerprint density at radius 1 is 1.44 bits per heavy atom. The number of likely N-dealkylation sites (N-methyl/N-ethyl adjacent to an activating group) is 1. The molecule has 6 nitrogen and oxygen atoms in total. The fourth-order valence-electron chi connectivity index (χ4n) is 2.03. The standard InChI is InChI=1S/C11H13ClN4O2/c1-13-10(17)8-3-2-6-16(8)11(18)7-4-5-9(12)15-14-7/h4-5,8H,2-3,6H2,1H3,(H,13,17). The van der Waals surface area contributed by atoms with Crippen molar-refractivity contribution in [2.45, 2.75) is 18.9 Å². The van der Waals surface area contributed by atoms with Crippen LogP contribution in [-0.4, -0.2) is 46.5 Å². The first kappa shape index (κ1) is 12.8. The molecule has 1 unspecified atom stereocenters. The zero-order valence-corrected chi connectivity index (χ0v) is 10.6. The first-order valence-electron chi connectivity index (χ1n) is 5.65. The van der Waals surface area contributed by atoms with Gasteiger partial charge in [0.05, 0.1) is 0 Å². The van der Waals surface area contributed by atoms with Crippen molar-refractivity contribution < 1.29 is 9.59 Å². The van der Waals surface area contributed by atoms with Crippen LogP contribution >= 0.6 is 11.6 Å². The van der Waals surface area contributed by atoms with Crippen molar-refractivity contribution in [1.29, 1.82) is 0 Å². The number of carbonyl (C=O) groups is 2. The van der Waals surface area contributed by atoms with Crippen LogP contribution in [0, 0.1) is 0 Å². The fraction of sp³-hybridized carbons (Fsp3) is 0.455. The van der Waals surface area contributed by atoms with E-state index in [1.165, 1.54) is 17.0 Å². The van der Waals surface area contributed by atoms with Crippen LogP contribution in [0.1, 0.15) is 23.3 Å². The molecule has 2 heterocycles. The highest BCUT2D eigenvalue weighted by Crippen LogP contribution is 2.19. The summed E-state index contributed by atoms with van der Waals surface area (Å²) in [5.74, 6) is -0.437. The van der Waals surface area contributed by atoms with E-state index in [9.17, 15) is 9.59 Å². The maximum Gasteiger partial charge on any atom is 0.275 e. The molecule has 1 aromatic heterocycles. The molecule has 0 saturated carbocycles. The summed E-state index contributed by atoms with van der Waals surface area (Å²) in [7, 11) is 1.56. The monoisotopic (exact) mass is 268 g/mol. The van der Waals surface area contributed by atoms with Gasteiger partial charge in [-0.3, -0.25) is 9.59 Å². The average molecular weight is 269 g/mol. The molecule has 0 bridgehead atoms. The van der Waals surface area contributed by atoms with Crippen molar-refractivity contribution in [3.05, 3.63) is 23.0 Å². The Labute approximate surface area is 109 Å². The van der Waals surface area contributed by atoms with Gasteiger partial charge in [-0.1, -0.05) is 11.6 Å². The highest BCUT2D eigenvalue weighted by Gasteiger charge is 2.34. The van der Waals surface area contributed by atoms with E-state index in [4.69, 9.17) is 11.6 Å². The van der Waals surface area contributed by atoms with Gasteiger partial charge in [0.2, 0.25) is 5.91 Å². The molecule has 1 aliphatic heterocycles. The topological polar surface area (TPSA) is 75.2 Å². The summed E-state index contributed by atoms with van der Waals surface area (Å²) in [6, 6.07) is 2.60. The number of halogens is 1. The van der Waals surface area contributed by atoms with Gasteiger partial charge in [-0.15, -0.1) is 10.2 Å². The first-order valence-corrected chi connectivity index (χ1v) is 6.03. The van der Waals surface area contributed by atoms with Crippen LogP contribution in [0.15, 0.2) is 12.1 Å². The Hall–Kier alpha value is -1.69. The second-order valence-electron chi connectivity index (χ2n) is 4.01. The summed E-state index contributed by atoms with van der Waals surface area (Å²) in [6.07, 6.45) is 1.48. The molecular weight excluding hydrogens is 256 g/mol. The van der Waals surface area contributed by atoms with Crippen molar-refractivity contribution in [2.24, 2.45) is 0 Å². The number of rotatable bonds is 2. The summed E-state index contributed by atoms with van der Waals surface area (Å²) in [4.78, 5) is 25.4. The van der Waals surface area contributed by atoms with Crippen LogP contribution in [0.2, 0.25) is 5.15 Å². The van der Waals surface area contributed by atoms with Crippen molar-refractivity contribution in [2.75, 3.05) is 13.6 Å². The molecule has 7 heteroatoms. The molecule has 1 aliphatic rings. The maximum absolute atomic E-state index is 12.2. The van der Waals surface area contributed by atoms with E-state index < -0.39 is 6.04 Å². The van der Waals surface area contributed by atoms with Gasteiger partial charge in [0.15, 0.2) is 10.8 Å². The van der Waals surface area contributed by atoms with E-state index in [-0.39, 0.29) is 22.7 Å². The summed E-state index contributed by atoms with van der Waals surface area (Å²) in [5.41, 5.74) is 0.204. The summed E-state index contributed by atoms with van der Waals surface area (Å²) in [5, 5.41) is 10.2. The number of nitrogens with zero attached hydrogens (tertiary/aromatic N) is 3. The molecule has 96 valence electrons. The normalized spacial score (nSPS) is 18.8. The Morgan fingerprint density at radius 2 is 2.22 bits per heavy atom. The lowest BCUT2D eigenvalue weighted by Crippen LogP contribution is -2.45. The Balaban J connectivity index is 2.17. The molecule has 1 N–H and O–H groups in total. The third-order valence-electron chi connectivity index (χ3n) is 2.91. The van der Waals surface area contributed by atoms with Gasteiger partial charge in [-0.2, -0.15) is 0 Å². The highest BCUT2D eigenvalue weighted by atomic mass is 35.5. The van der Waals surface area contributed by atoms with Crippen LogP contribution in [0.3, 0.4) is 0 Å². The molecule has 0 aromatic carbocycles. The number of nitrogens with one attached hydrogen (secondary N) is 1.